The molecule has 0 bridgehead atoms. The third-order valence-corrected chi connectivity index (χ3v) is 3.23. The van der Waals surface area contributed by atoms with Crippen molar-refractivity contribution in [3.05, 3.63) is 59.7 Å². The zero-order valence-electron chi connectivity index (χ0n) is 13.6. The van der Waals surface area contributed by atoms with E-state index in [1.807, 2.05) is 0 Å². The van der Waals surface area contributed by atoms with Crippen LogP contribution in [0.15, 0.2) is 43.0 Å². The van der Waals surface area contributed by atoms with Gasteiger partial charge in [-0.3, -0.25) is 0 Å². The van der Waals surface area contributed by atoms with Crippen LogP contribution in [0.2, 0.25) is 0 Å². The van der Waals surface area contributed by atoms with E-state index in [2.05, 4.69) is 72.9 Å². The molecule has 0 saturated carbocycles. The molecule has 0 aromatic heterocycles. The summed E-state index contributed by atoms with van der Waals surface area (Å²) in [4.78, 5) is 0. The molecule has 0 spiro atoms. The molecule has 0 saturated heterocycles. The number of hydrogen-bond donors (Lipinski definition) is 0. The Labute approximate surface area is 120 Å². The molecular weight excluding hydrogens is 228 g/mol. The summed E-state index contributed by atoms with van der Waals surface area (Å²) in [7, 11) is 0. The van der Waals surface area contributed by atoms with Gasteiger partial charge in [0.05, 0.1) is 0 Å². The highest BCUT2D eigenvalue weighted by Gasteiger charge is 2.09. The van der Waals surface area contributed by atoms with Crippen LogP contribution >= 0.6 is 0 Å². The summed E-state index contributed by atoms with van der Waals surface area (Å²) in [5.41, 5.74) is 5.48. The van der Waals surface area contributed by atoms with Crippen molar-refractivity contribution < 1.29 is 0 Å². The highest BCUT2D eigenvalue weighted by molar-refractivity contribution is 5.35. The molecule has 19 heavy (non-hydrogen) atoms. The van der Waals surface area contributed by atoms with Crippen molar-refractivity contribution in [1.82, 2.24) is 0 Å². The Hall–Kier alpha value is -1.30. The molecule has 0 N–H and O–H groups in total. The van der Waals surface area contributed by atoms with Crippen molar-refractivity contribution in [2.24, 2.45) is 0 Å². The standard InChI is InChI=1S/C13H20.C6H10/c1-9(2)12-7-6-11(5)8-13(12)10(3)4;1-4-6(3)5-2/h6-10H,1-5H3;4H,1,3,5H2,2H3. The maximum atomic E-state index is 3.67. The second kappa shape index (κ2) is 8.74. The highest BCUT2D eigenvalue weighted by atomic mass is 14.1. The van der Waals surface area contributed by atoms with E-state index in [-0.39, 0.29) is 0 Å². The van der Waals surface area contributed by atoms with E-state index in [1.54, 1.807) is 6.08 Å². The molecule has 0 unspecified atom stereocenters. The normalized spacial score (nSPS) is 10.1. The second-order valence-electron chi connectivity index (χ2n) is 5.66. The fraction of sp³-hybridized carbons (Fsp3) is 0.474. The lowest BCUT2D eigenvalue weighted by Crippen LogP contribution is -1.98. The van der Waals surface area contributed by atoms with Crippen molar-refractivity contribution in [3.8, 4) is 0 Å². The van der Waals surface area contributed by atoms with Crippen molar-refractivity contribution in [2.45, 2.75) is 59.8 Å². The Morgan fingerprint density at radius 1 is 1.11 bits per heavy atom. The summed E-state index contributed by atoms with van der Waals surface area (Å²) in [5.74, 6) is 1.27. The van der Waals surface area contributed by atoms with E-state index in [0.717, 1.165) is 12.0 Å². The third kappa shape index (κ3) is 6.42. The summed E-state index contributed by atoms with van der Waals surface area (Å²) in [6.07, 6.45) is 2.80. The molecule has 0 atom stereocenters. The molecule has 0 aliphatic heterocycles. The van der Waals surface area contributed by atoms with Gasteiger partial charge in [-0.1, -0.05) is 83.2 Å². The maximum absolute atomic E-state index is 3.67. The van der Waals surface area contributed by atoms with Crippen molar-refractivity contribution in [3.63, 3.8) is 0 Å². The third-order valence-electron chi connectivity index (χ3n) is 3.23. The molecule has 0 nitrogen and oxygen atoms in total. The first-order valence-electron chi connectivity index (χ1n) is 7.24. The van der Waals surface area contributed by atoms with Gasteiger partial charge in [0.2, 0.25) is 0 Å². The molecule has 0 fully saturated rings. The summed E-state index contributed by atoms with van der Waals surface area (Å²) in [6.45, 7) is 20.5. The van der Waals surface area contributed by atoms with E-state index >= 15 is 0 Å². The van der Waals surface area contributed by atoms with Crippen LogP contribution in [0.4, 0.5) is 0 Å². The predicted octanol–water partition coefficient (Wildman–Crippen LogP) is 6.38. The van der Waals surface area contributed by atoms with Gasteiger partial charge in [0.1, 0.15) is 0 Å². The minimum absolute atomic E-state index is 0.636. The van der Waals surface area contributed by atoms with Gasteiger partial charge < -0.3 is 0 Å². The lowest BCUT2D eigenvalue weighted by atomic mass is 9.89. The van der Waals surface area contributed by atoms with Crippen LogP contribution in [0.5, 0.6) is 0 Å². The number of allylic oxidation sites excluding steroid dienone is 2. The minimum atomic E-state index is 0.636. The van der Waals surface area contributed by atoms with Gasteiger partial charge in [-0.2, -0.15) is 0 Å². The van der Waals surface area contributed by atoms with Gasteiger partial charge in [0.25, 0.3) is 0 Å². The van der Waals surface area contributed by atoms with Gasteiger partial charge in [-0.25, -0.2) is 0 Å². The zero-order chi connectivity index (χ0) is 15.0. The Kier molecular flexibility index (Phi) is 8.14. The second-order valence-corrected chi connectivity index (χ2v) is 5.66. The summed E-state index contributed by atoms with van der Waals surface area (Å²) in [5, 5.41) is 0. The first-order valence-corrected chi connectivity index (χ1v) is 7.24. The van der Waals surface area contributed by atoms with Crippen molar-refractivity contribution >= 4 is 0 Å². The van der Waals surface area contributed by atoms with Crippen LogP contribution in [0, 0.1) is 6.92 Å². The molecule has 0 heteroatoms. The molecular formula is C19H30. The molecule has 0 aliphatic carbocycles. The molecule has 0 aliphatic rings. The monoisotopic (exact) mass is 258 g/mol. The largest absolute Gasteiger partial charge is 0.0988 e. The molecule has 0 radical (unpaired) electrons. The van der Waals surface area contributed by atoms with Gasteiger partial charge >= 0.3 is 0 Å². The minimum Gasteiger partial charge on any atom is -0.0988 e. The average Bonchev–Trinajstić information content (AvgIpc) is 2.37. The van der Waals surface area contributed by atoms with Crippen molar-refractivity contribution in [1.29, 1.82) is 0 Å². The topological polar surface area (TPSA) is 0 Å². The van der Waals surface area contributed by atoms with E-state index in [1.165, 1.54) is 16.7 Å². The SMILES string of the molecule is C=CC(=C)CC.Cc1ccc(C(C)C)c(C(C)C)c1. The number of hydrogen-bond acceptors (Lipinski definition) is 0. The Morgan fingerprint density at radius 2 is 1.63 bits per heavy atom. The quantitative estimate of drug-likeness (QED) is 0.550. The average molecular weight is 258 g/mol. The summed E-state index contributed by atoms with van der Waals surface area (Å²) >= 11 is 0. The van der Waals surface area contributed by atoms with Crippen LogP contribution < -0.4 is 0 Å². The van der Waals surface area contributed by atoms with Crippen LogP contribution in [-0.4, -0.2) is 0 Å². The fourth-order valence-corrected chi connectivity index (χ4v) is 1.86. The highest BCUT2D eigenvalue weighted by Crippen LogP contribution is 2.26. The molecule has 1 aromatic carbocycles. The molecule has 0 heterocycles. The van der Waals surface area contributed by atoms with Crippen LogP contribution in [0.25, 0.3) is 0 Å². The van der Waals surface area contributed by atoms with Crippen LogP contribution in [0.3, 0.4) is 0 Å². The first kappa shape index (κ1) is 17.7. The van der Waals surface area contributed by atoms with E-state index in [0.29, 0.717) is 11.8 Å². The maximum Gasteiger partial charge on any atom is -0.0216 e. The Bertz CT molecular complexity index is 408. The first-order chi connectivity index (χ1) is 8.83. The van der Waals surface area contributed by atoms with Crippen LogP contribution in [0.1, 0.15) is 69.6 Å². The van der Waals surface area contributed by atoms with Gasteiger partial charge in [-0.05, 0) is 36.3 Å². The predicted molar refractivity (Wildman–Crippen MR) is 89.0 cm³/mol. The molecule has 106 valence electrons. The van der Waals surface area contributed by atoms with Crippen molar-refractivity contribution in [2.75, 3.05) is 0 Å². The summed E-state index contributed by atoms with van der Waals surface area (Å²) < 4.78 is 0. The van der Waals surface area contributed by atoms with E-state index in [4.69, 9.17) is 0 Å². The fourth-order valence-electron chi connectivity index (χ4n) is 1.86. The zero-order valence-corrected chi connectivity index (χ0v) is 13.6. The summed E-state index contributed by atoms with van der Waals surface area (Å²) in [6, 6.07) is 6.80. The smallest absolute Gasteiger partial charge is 0.0216 e. The molecule has 1 rings (SSSR count). The lowest BCUT2D eigenvalue weighted by molar-refractivity contribution is 0.789. The Balaban J connectivity index is 0.000000459. The lowest BCUT2D eigenvalue weighted by Gasteiger charge is -2.16. The van der Waals surface area contributed by atoms with E-state index in [9.17, 15) is 0 Å². The van der Waals surface area contributed by atoms with Gasteiger partial charge in [0, 0.05) is 0 Å². The van der Waals surface area contributed by atoms with Crippen LogP contribution in [-0.2, 0) is 0 Å². The number of aryl methyl sites for hydroxylation is 1. The molecule has 0 amide bonds. The molecule has 1 aromatic rings. The van der Waals surface area contributed by atoms with E-state index < -0.39 is 0 Å². The number of benzene rings is 1. The van der Waals surface area contributed by atoms with Gasteiger partial charge in [-0.15, -0.1) is 0 Å². The number of rotatable bonds is 4. The Morgan fingerprint density at radius 3 is 1.95 bits per heavy atom. The van der Waals surface area contributed by atoms with Gasteiger partial charge in [0.15, 0.2) is 0 Å².